The van der Waals surface area contributed by atoms with Crippen LogP contribution in [0.1, 0.15) is 82.7 Å². The van der Waals surface area contributed by atoms with Crippen molar-refractivity contribution in [3.8, 4) is 39.5 Å². The molecule has 7 heteroatoms. The molecule has 341 valence electrons. The van der Waals surface area contributed by atoms with Crippen LogP contribution in [0.15, 0.2) is 144 Å². The van der Waals surface area contributed by atoms with Gasteiger partial charge in [0.1, 0.15) is 0 Å². The second kappa shape index (κ2) is 19.0. The zero-order chi connectivity index (χ0) is 46.5. The molecular weight excluding hydrogens is 1010 g/mol. The van der Waals surface area contributed by atoms with E-state index in [9.17, 15) is 0 Å². The summed E-state index contributed by atoms with van der Waals surface area (Å²) < 4.78 is 8.83. The first-order valence-corrected chi connectivity index (χ1v) is 26.9. The van der Waals surface area contributed by atoms with Crippen molar-refractivity contribution in [1.82, 2.24) is 19.5 Å². The van der Waals surface area contributed by atoms with Crippen LogP contribution in [0.5, 0.6) is 0 Å². The number of nitrogens with zero attached hydrogens (tertiary/aromatic N) is 4. The van der Waals surface area contributed by atoms with Crippen molar-refractivity contribution in [2.75, 3.05) is 0 Å². The number of furan rings is 1. The molecule has 4 aromatic heterocycles. The van der Waals surface area contributed by atoms with Gasteiger partial charge in [-0.1, -0.05) is 139 Å². The molecule has 0 bridgehead atoms. The summed E-state index contributed by atoms with van der Waals surface area (Å²) in [5.74, 6) is 1.36. The Morgan fingerprint density at radius 2 is 1.39 bits per heavy atom. The van der Waals surface area contributed by atoms with Crippen LogP contribution in [-0.4, -0.2) is 27.6 Å². The van der Waals surface area contributed by atoms with E-state index in [4.69, 9.17) is 19.4 Å². The summed E-state index contributed by atoms with van der Waals surface area (Å²) in [6, 6.07) is 53.8. The molecule has 5 nitrogen and oxygen atoms in total. The van der Waals surface area contributed by atoms with Crippen LogP contribution in [0, 0.1) is 24.5 Å². The Morgan fingerprint density at radius 1 is 0.687 bits per heavy atom. The molecule has 0 aliphatic heterocycles. The standard InChI is InChI=1S/C41H34N3O.C19H26NSi.Ir/c1-24(2)34-22-30(29-19-18-27-11-6-7-12-28(27)21-29)23-35(25(3)4)38(34)44-37-16-9-8-15-36(37)43-40(44)33-14-10-13-31-32-20-17-26(5)42-41(32)45-39(31)33;1-19(2,3)13-16-12-17(15-10-8-7-9-11-15)20-14-18(16)21(4,5)6;/h6-13,15-25H,1-5H3;7-10,12,14H,13H2,1-6H3;/q2*-1;. The molecule has 67 heavy (non-hydrogen) atoms. The molecule has 6 aromatic carbocycles. The summed E-state index contributed by atoms with van der Waals surface area (Å²) in [4.78, 5) is 14.7. The Morgan fingerprint density at radius 3 is 2.07 bits per heavy atom. The van der Waals surface area contributed by atoms with E-state index in [1.54, 1.807) is 0 Å². The first-order chi connectivity index (χ1) is 31.5. The van der Waals surface area contributed by atoms with Crippen LogP contribution < -0.4 is 5.19 Å². The van der Waals surface area contributed by atoms with Gasteiger partial charge in [0.25, 0.3) is 0 Å². The van der Waals surface area contributed by atoms with Crippen LogP contribution >= 0.6 is 0 Å². The van der Waals surface area contributed by atoms with Gasteiger partial charge >= 0.3 is 0 Å². The van der Waals surface area contributed by atoms with Gasteiger partial charge in [0.15, 0.2) is 0 Å². The molecule has 0 aliphatic carbocycles. The summed E-state index contributed by atoms with van der Waals surface area (Å²) in [6.07, 6.45) is 3.21. The number of aryl methyl sites for hydroxylation is 1. The van der Waals surface area contributed by atoms with Gasteiger partial charge in [-0.25, -0.2) is 4.98 Å². The number of benzene rings is 6. The van der Waals surface area contributed by atoms with E-state index in [2.05, 4.69) is 194 Å². The Kier molecular flexibility index (Phi) is 13.4. The number of rotatable bonds is 8. The van der Waals surface area contributed by atoms with E-state index in [1.165, 1.54) is 49.5 Å². The molecule has 0 fully saturated rings. The Bertz CT molecular complexity index is 3360. The fourth-order valence-electron chi connectivity index (χ4n) is 9.24. The summed E-state index contributed by atoms with van der Waals surface area (Å²) in [5, 5.41) is 6.00. The van der Waals surface area contributed by atoms with Gasteiger partial charge in [-0.15, -0.1) is 54.1 Å². The molecule has 4 heterocycles. The average molecular weight is 1070 g/mol. The largest absolute Gasteiger partial charge is 0.486 e. The second-order valence-corrected chi connectivity index (χ2v) is 25.7. The molecular formula is C60H60IrN4OSi-2. The molecule has 0 spiro atoms. The molecule has 0 atom stereocenters. The molecule has 0 amide bonds. The third-order valence-corrected chi connectivity index (χ3v) is 14.5. The number of aromatic nitrogens is 4. The second-order valence-electron chi connectivity index (χ2n) is 20.6. The Balaban J connectivity index is 0.000000234. The zero-order valence-electron chi connectivity index (χ0n) is 40.7. The van der Waals surface area contributed by atoms with Gasteiger partial charge in [0, 0.05) is 43.1 Å². The first kappa shape index (κ1) is 47.5. The van der Waals surface area contributed by atoms with Crippen molar-refractivity contribution in [3.05, 3.63) is 174 Å². The van der Waals surface area contributed by atoms with Crippen molar-refractivity contribution < 1.29 is 24.5 Å². The normalized spacial score (nSPS) is 12.0. The number of hydrogen-bond donors (Lipinski definition) is 0. The number of para-hydroxylation sites is 2. The van der Waals surface area contributed by atoms with E-state index in [0.29, 0.717) is 5.71 Å². The third-order valence-electron chi connectivity index (χ3n) is 12.4. The first-order valence-electron chi connectivity index (χ1n) is 23.4. The monoisotopic (exact) mass is 1070 g/mol. The molecule has 1 radical (unpaired) electrons. The van der Waals surface area contributed by atoms with Gasteiger partial charge in [0.2, 0.25) is 5.71 Å². The minimum Gasteiger partial charge on any atom is -0.486 e. The SMILES string of the molecule is CC(C)(C)Cc1cc(-c2[c-]cccc2)ncc1[Si](C)(C)C.Cc1ccc2c(n1)oc1c(-c3nc4ccccc4n3-c3c(C(C)C)cc(-c4ccc5ccccc5c4)cc3C(C)C)[c-]ccc12.[Ir]. The minimum absolute atomic E-state index is 0. The Hall–Kier alpha value is -5.98. The van der Waals surface area contributed by atoms with Gasteiger partial charge in [0.05, 0.1) is 30.5 Å². The minimum atomic E-state index is -1.37. The maximum atomic E-state index is 6.48. The summed E-state index contributed by atoms with van der Waals surface area (Å²) in [5.41, 5.74) is 15.2. The van der Waals surface area contributed by atoms with E-state index in [0.717, 1.165) is 62.1 Å². The predicted octanol–water partition coefficient (Wildman–Crippen LogP) is 15.8. The topological polar surface area (TPSA) is 56.7 Å². The van der Waals surface area contributed by atoms with Crippen LogP contribution in [-0.2, 0) is 26.5 Å². The van der Waals surface area contributed by atoms with Gasteiger partial charge in [-0.3, -0.25) is 4.98 Å². The Labute approximate surface area is 411 Å². The van der Waals surface area contributed by atoms with Crippen molar-refractivity contribution in [3.63, 3.8) is 0 Å². The third kappa shape index (κ3) is 9.74. The average Bonchev–Trinajstić information content (AvgIpc) is 3.86. The zero-order valence-corrected chi connectivity index (χ0v) is 44.1. The van der Waals surface area contributed by atoms with Gasteiger partial charge in [-0.2, -0.15) is 0 Å². The summed E-state index contributed by atoms with van der Waals surface area (Å²) in [6.45, 7) is 25.2. The van der Waals surface area contributed by atoms with Gasteiger partial charge in [-0.05, 0) is 117 Å². The fourth-order valence-corrected chi connectivity index (χ4v) is 10.8. The van der Waals surface area contributed by atoms with Crippen molar-refractivity contribution in [2.24, 2.45) is 5.41 Å². The summed E-state index contributed by atoms with van der Waals surface area (Å²) in [7, 11) is -1.37. The maximum absolute atomic E-state index is 6.48. The van der Waals surface area contributed by atoms with E-state index < -0.39 is 8.07 Å². The molecule has 0 aliphatic rings. The van der Waals surface area contributed by atoms with Crippen molar-refractivity contribution >= 4 is 57.1 Å². The molecule has 10 aromatic rings. The maximum Gasteiger partial charge on any atom is 0.216 e. The molecule has 0 unspecified atom stereocenters. The van der Waals surface area contributed by atoms with Crippen molar-refractivity contribution in [1.29, 1.82) is 0 Å². The number of hydrogen-bond acceptors (Lipinski definition) is 4. The van der Waals surface area contributed by atoms with Crippen LogP contribution in [0.2, 0.25) is 19.6 Å². The number of fused-ring (bicyclic) bond motifs is 5. The van der Waals surface area contributed by atoms with E-state index >= 15 is 0 Å². The number of imidazole rings is 1. The molecule has 0 saturated heterocycles. The van der Waals surface area contributed by atoms with Crippen LogP contribution in [0.25, 0.3) is 83.3 Å². The number of pyridine rings is 2. The van der Waals surface area contributed by atoms with Gasteiger partial charge < -0.3 is 14.0 Å². The molecule has 0 saturated carbocycles. The smallest absolute Gasteiger partial charge is 0.216 e. The quantitative estimate of drug-likeness (QED) is 0.112. The summed E-state index contributed by atoms with van der Waals surface area (Å²) >= 11 is 0. The van der Waals surface area contributed by atoms with Crippen molar-refractivity contribution in [2.45, 2.75) is 93.3 Å². The van der Waals surface area contributed by atoms with E-state index in [1.807, 2.05) is 37.3 Å². The fraction of sp³-hybridized carbons (Fsp3) is 0.250. The predicted molar refractivity (Wildman–Crippen MR) is 281 cm³/mol. The van der Waals surface area contributed by atoms with E-state index in [-0.39, 0.29) is 37.4 Å². The molecule has 0 N–H and O–H groups in total. The van der Waals surface area contributed by atoms with Crippen LogP contribution in [0.3, 0.4) is 0 Å². The molecule has 10 rings (SSSR count). The van der Waals surface area contributed by atoms with Crippen LogP contribution in [0.4, 0.5) is 0 Å².